The lowest BCUT2D eigenvalue weighted by Gasteiger charge is -2.18. The summed E-state index contributed by atoms with van der Waals surface area (Å²) < 4.78 is 29.0. The van der Waals surface area contributed by atoms with Gasteiger partial charge < -0.3 is 4.57 Å². The Morgan fingerprint density at radius 2 is 2.17 bits per heavy atom. The van der Waals surface area contributed by atoms with Gasteiger partial charge in [-0.2, -0.15) is 16.1 Å². The number of hydrogen-bond acceptors (Lipinski definition) is 5. The van der Waals surface area contributed by atoms with Crippen LogP contribution in [0.2, 0.25) is 0 Å². The summed E-state index contributed by atoms with van der Waals surface area (Å²) >= 11 is 3.59. The first-order valence-electron chi connectivity index (χ1n) is 7.67. The van der Waals surface area contributed by atoms with Crippen LogP contribution in [-0.2, 0) is 10.0 Å². The van der Waals surface area contributed by atoms with Gasteiger partial charge in [-0.3, -0.25) is 0 Å². The SMILES string of the molecule is CC(C)n1cnc(S(=O)(=O)N2CCS[C@@H](c3cccs3)CC2)c1. The van der Waals surface area contributed by atoms with Crippen LogP contribution < -0.4 is 0 Å². The summed E-state index contributed by atoms with van der Waals surface area (Å²) in [5, 5.41) is 2.63. The Morgan fingerprint density at radius 1 is 1.35 bits per heavy atom. The molecule has 8 heteroatoms. The van der Waals surface area contributed by atoms with E-state index in [0.29, 0.717) is 18.3 Å². The van der Waals surface area contributed by atoms with Crippen LogP contribution in [0.3, 0.4) is 0 Å². The molecule has 0 bridgehead atoms. The van der Waals surface area contributed by atoms with Crippen molar-refractivity contribution < 1.29 is 8.42 Å². The maximum absolute atomic E-state index is 12.8. The number of hydrogen-bond donors (Lipinski definition) is 0. The van der Waals surface area contributed by atoms with E-state index >= 15 is 0 Å². The smallest absolute Gasteiger partial charge is 0.262 e. The topological polar surface area (TPSA) is 55.2 Å². The molecule has 3 rings (SSSR count). The third-order valence-corrected chi connectivity index (χ3v) is 8.17. The zero-order chi connectivity index (χ0) is 16.4. The van der Waals surface area contributed by atoms with E-state index < -0.39 is 10.0 Å². The highest BCUT2D eigenvalue weighted by molar-refractivity contribution is 7.99. The molecule has 0 aliphatic carbocycles. The maximum Gasteiger partial charge on any atom is 0.262 e. The Bertz CT molecular complexity index is 738. The molecule has 0 saturated carbocycles. The highest BCUT2D eigenvalue weighted by Gasteiger charge is 2.30. The minimum absolute atomic E-state index is 0.158. The molecule has 0 amide bonds. The fourth-order valence-corrected chi connectivity index (χ4v) is 6.29. The Hall–Kier alpha value is -0.830. The van der Waals surface area contributed by atoms with Crippen molar-refractivity contribution in [2.45, 2.75) is 36.6 Å². The van der Waals surface area contributed by atoms with Gasteiger partial charge in [0.15, 0.2) is 5.03 Å². The number of thiophene rings is 1. The maximum atomic E-state index is 12.8. The molecule has 0 unspecified atom stereocenters. The molecule has 5 nitrogen and oxygen atoms in total. The Morgan fingerprint density at radius 3 is 2.83 bits per heavy atom. The summed E-state index contributed by atoms with van der Waals surface area (Å²) in [4.78, 5) is 5.44. The van der Waals surface area contributed by atoms with Crippen molar-refractivity contribution >= 4 is 33.1 Å². The molecule has 1 aliphatic rings. The molecule has 1 saturated heterocycles. The van der Waals surface area contributed by atoms with Crippen LogP contribution in [0.25, 0.3) is 0 Å². The summed E-state index contributed by atoms with van der Waals surface area (Å²) in [6.07, 6.45) is 4.07. The fraction of sp³-hybridized carbons (Fsp3) is 0.533. The molecule has 0 radical (unpaired) electrons. The first-order valence-corrected chi connectivity index (χ1v) is 11.0. The van der Waals surface area contributed by atoms with E-state index in [0.717, 1.165) is 12.2 Å². The van der Waals surface area contributed by atoms with Crippen molar-refractivity contribution in [2.75, 3.05) is 18.8 Å². The molecule has 0 N–H and O–H groups in total. The van der Waals surface area contributed by atoms with Crippen molar-refractivity contribution in [1.82, 2.24) is 13.9 Å². The predicted molar refractivity (Wildman–Crippen MR) is 95.5 cm³/mol. The van der Waals surface area contributed by atoms with Crippen molar-refractivity contribution in [3.63, 3.8) is 0 Å². The monoisotopic (exact) mass is 371 g/mol. The molecule has 0 spiro atoms. The van der Waals surface area contributed by atoms with Crippen LogP contribution in [0.5, 0.6) is 0 Å². The van der Waals surface area contributed by atoms with Crippen LogP contribution in [0.4, 0.5) is 0 Å². The Balaban J connectivity index is 1.75. The second-order valence-corrected chi connectivity index (χ2v) is 10.00. The quantitative estimate of drug-likeness (QED) is 0.827. The van der Waals surface area contributed by atoms with Crippen molar-refractivity contribution in [2.24, 2.45) is 0 Å². The second-order valence-electron chi connectivity index (χ2n) is 5.82. The third kappa shape index (κ3) is 3.65. The van der Waals surface area contributed by atoms with Gasteiger partial charge in [0.05, 0.1) is 6.33 Å². The molecule has 2 aromatic heterocycles. The number of imidazole rings is 1. The number of rotatable bonds is 4. The summed E-state index contributed by atoms with van der Waals surface area (Å²) in [5.74, 6) is 0.812. The van der Waals surface area contributed by atoms with Gasteiger partial charge in [-0.1, -0.05) is 6.07 Å². The zero-order valence-corrected chi connectivity index (χ0v) is 15.7. The lowest BCUT2D eigenvalue weighted by atomic mass is 10.2. The molecule has 2 aromatic rings. The molecule has 126 valence electrons. The van der Waals surface area contributed by atoms with E-state index in [2.05, 4.69) is 22.5 Å². The molecule has 0 aromatic carbocycles. The number of sulfonamides is 1. The van der Waals surface area contributed by atoms with E-state index in [4.69, 9.17) is 0 Å². The molecular formula is C15H21N3O2S3. The Kier molecular flexibility index (Phi) is 5.15. The van der Waals surface area contributed by atoms with Gasteiger partial charge in [0.2, 0.25) is 0 Å². The van der Waals surface area contributed by atoms with E-state index in [1.807, 2.05) is 30.2 Å². The summed E-state index contributed by atoms with van der Waals surface area (Å²) in [7, 11) is -3.50. The summed E-state index contributed by atoms with van der Waals surface area (Å²) in [6, 6.07) is 4.39. The first kappa shape index (κ1) is 17.0. The third-order valence-electron chi connectivity index (χ3n) is 3.94. The van der Waals surface area contributed by atoms with Gasteiger partial charge in [-0.15, -0.1) is 11.3 Å². The lowest BCUT2D eigenvalue weighted by molar-refractivity contribution is 0.426. The molecule has 23 heavy (non-hydrogen) atoms. The minimum Gasteiger partial charge on any atom is -0.334 e. The lowest BCUT2D eigenvalue weighted by Crippen LogP contribution is -2.33. The molecule has 1 atom stereocenters. The molecule has 1 fully saturated rings. The largest absolute Gasteiger partial charge is 0.334 e. The van der Waals surface area contributed by atoms with Crippen LogP contribution in [0.15, 0.2) is 35.1 Å². The van der Waals surface area contributed by atoms with Gasteiger partial charge in [-0.05, 0) is 31.7 Å². The van der Waals surface area contributed by atoms with Gasteiger partial charge in [-0.25, -0.2) is 13.4 Å². The molecule has 3 heterocycles. The number of thioether (sulfide) groups is 1. The fourth-order valence-electron chi connectivity index (χ4n) is 2.56. The Labute approximate surface area is 145 Å². The van der Waals surface area contributed by atoms with Crippen LogP contribution in [0, 0.1) is 0 Å². The number of nitrogens with zero attached hydrogens (tertiary/aromatic N) is 3. The second kappa shape index (κ2) is 6.96. The average molecular weight is 372 g/mol. The van der Waals surface area contributed by atoms with Crippen LogP contribution in [0.1, 0.15) is 36.4 Å². The predicted octanol–water partition coefficient (Wildman–Crippen LogP) is 3.39. The highest BCUT2D eigenvalue weighted by Crippen LogP contribution is 2.37. The van der Waals surface area contributed by atoms with Crippen molar-refractivity contribution in [3.05, 3.63) is 34.9 Å². The van der Waals surface area contributed by atoms with Gasteiger partial charge in [0.25, 0.3) is 10.0 Å². The van der Waals surface area contributed by atoms with Crippen LogP contribution in [-0.4, -0.2) is 41.1 Å². The van der Waals surface area contributed by atoms with E-state index in [1.54, 1.807) is 28.2 Å². The van der Waals surface area contributed by atoms with E-state index in [9.17, 15) is 8.42 Å². The average Bonchev–Trinajstić information content (AvgIpc) is 3.15. The minimum atomic E-state index is -3.50. The van der Waals surface area contributed by atoms with Crippen molar-refractivity contribution in [3.8, 4) is 0 Å². The van der Waals surface area contributed by atoms with Crippen LogP contribution >= 0.6 is 23.1 Å². The summed E-state index contributed by atoms with van der Waals surface area (Å²) in [6.45, 7) is 5.11. The molecule has 1 aliphatic heterocycles. The summed E-state index contributed by atoms with van der Waals surface area (Å²) in [5.41, 5.74) is 0. The standard InChI is InChI=1S/C15H21N3O2S3/c1-12(2)17-10-15(16-11-17)23(19,20)18-6-5-14(22-9-7-18)13-4-3-8-21-13/h3-4,8,10-12,14H,5-7,9H2,1-2H3/t14-/m1/s1. The van der Waals surface area contributed by atoms with Gasteiger partial charge in [0.1, 0.15) is 0 Å². The van der Waals surface area contributed by atoms with E-state index in [-0.39, 0.29) is 11.1 Å². The first-order chi connectivity index (χ1) is 11.0. The number of aromatic nitrogens is 2. The zero-order valence-electron chi connectivity index (χ0n) is 13.3. The molecular weight excluding hydrogens is 350 g/mol. The van der Waals surface area contributed by atoms with E-state index in [1.165, 1.54) is 4.88 Å². The van der Waals surface area contributed by atoms with Crippen molar-refractivity contribution in [1.29, 1.82) is 0 Å². The highest BCUT2D eigenvalue weighted by atomic mass is 32.2. The van der Waals surface area contributed by atoms with Gasteiger partial charge >= 0.3 is 0 Å². The van der Waals surface area contributed by atoms with Gasteiger partial charge in [0, 0.05) is 41.2 Å². The normalized spacial score (nSPS) is 20.7.